The van der Waals surface area contributed by atoms with E-state index in [0.717, 1.165) is 11.3 Å². The van der Waals surface area contributed by atoms with Gasteiger partial charge in [-0.2, -0.15) is 5.10 Å². The summed E-state index contributed by atoms with van der Waals surface area (Å²) >= 11 is 10.7. The van der Waals surface area contributed by atoms with Crippen LogP contribution >= 0.6 is 38.9 Å². The molecule has 0 radical (unpaired) electrons. The van der Waals surface area contributed by atoms with Crippen LogP contribution in [0.3, 0.4) is 0 Å². The Morgan fingerprint density at radius 2 is 1.50 bits per heavy atom. The number of fused-ring (bicyclic) bond motifs is 1. The first-order valence-electron chi connectivity index (χ1n) is 12.9. The molecule has 2 N–H and O–H groups in total. The average Bonchev–Trinajstić information content (AvgIpc) is 3.38. The lowest BCUT2D eigenvalue weighted by molar-refractivity contribution is -0.385. The molecule has 5 aromatic rings. The summed E-state index contributed by atoms with van der Waals surface area (Å²) in [5, 5.41) is 29.3. The van der Waals surface area contributed by atoms with Crippen molar-refractivity contribution in [1.29, 1.82) is 0 Å². The van der Waals surface area contributed by atoms with Gasteiger partial charge in [-0.05, 0) is 60.7 Å². The third-order valence-electron chi connectivity index (χ3n) is 6.29. The van der Waals surface area contributed by atoms with E-state index in [1.54, 1.807) is 12.1 Å². The van der Waals surface area contributed by atoms with Crippen LogP contribution in [-0.4, -0.2) is 33.8 Å². The van der Waals surface area contributed by atoms with Crippen molar-refractivity contribution in [3.8, 4) is 5.75 Å². The maximum absolute atomic E-state index is 12.9. The van der Waals surface area contributed by atoms with Crippen LogP contribution < -0.4 is 15.5 Å². The van der Waals surface area contributed by atoms with Gasteiger partial charge in [-0.15, -0.1) is 11.3 Å². The van der Waals surface area contributed by atoms with Crippen LogP contribution in [0.5, 0.6) is 5.75 Å². The molecule has 0 spiro atoms. The number of ether oxygens (including phenoxy) is 1. The lowest BCUT2D eigenvalue weighted by atomic mass is 10.2. The summed E-state index contributed by atoms with van der Waals surface area (Å²) in [6.45, 7) is 0. The molecule has 0 saturated heterocycles. The number of hydrogen-bond donors (Lipinski definition) is 2. The Morgan fingerprint density at radius 3 is 2.17 bits per heavy atom. The van der Waals surface area contributed by atoms with Gasteiger partial charge in [0.1, 0.15) is 10.6 Å². The number of halogens is 2. The molecule has 16 heteroatoms. The van der Waals surface area contributed by atoms with Crippen LogP contribution in [0.15, 0.2) is 94.5 Å². The predicted octanol–water partition coefficient (Wildman–Crippen LogP) is 7.37. The quantitative estimate of drug-likeness (QED) is 0.0519. The summed E-state index contributed by atoms with van der Waals surface area (Å²) < 4.78 is 6.58. The van der Waals surface area contributed by atoms with Gasteiger partial charge in [0.05, 0.1) is 26.6 Å². The largest absolute Gasteiger partial charge is 0.422 e. The second-order valence-corrected chi connectivity index (χ2v) is 11.6. The fourth-order valence-corrected chi connectivity index (χ4v) is 5.85. The number of carbonyl (C=O) groups is 3. The third kappa shape index (κ3) is 7.23. The third-order valence-corrected chi connectivity index (χ3v) is 8.44. The topological polar surface area (TPSA) is 183 Å². The molecular formula is C30H17BrClN5O8S. The van der Waals surface area contributed by atoms with Crippen LogP contribution in [0.25, 0.3) is 10.1 Å². The van der Waals surface area contributed by atoms with Crippen molar-refractivity contribution in [3.05, 3.63) is 136 Å². The van der Waals surface area contributed by atoms with Crippen molar-refractivity contribution in [3.63, 3.8) is 0 Å². The van der Waals surface area contributed by atoms with Crippen molar-refractivity contribution in [2.45, 2.75) is 0 Å². The van der Waals surface area contributed by atoms with Crippen molar-refractivity contribution in [1.82, 2.24) is 5.43 Å². The molecule has 2 amide bonds. The zero-order valence-electron chi connectivity index (χ0n) is 22.9. The molecule has 5 rings (SSSR count). The molecule has 46 heavy (non-hydrogen) atoms. The Balaban J connectivity index is 1.22. The molecule has 0 fully saturated rings. The molecule has 13 nitrogen and oxygen atoms in total. The molecular weight excluding hydrogens is 706 g/mol. The minimum atomic E-state index is -0.748. The molecule has 0 aliphatic carbocycles. The highest BCUT2D eigenvalue weighted by Crippen LogP contribution is 2.37. The molecule has 0 aliphatic rings. The summed E-state index contributed by atoms with van der Waals surface area (Å²) in [4.78, 5) is 59.1. The van der Waals surface area contributed by atoms with Crippen LogP contribution in [0, 0.1) is 20.2 Å². The van der Waals surface area contributed by atoms with Crippen molar-refractivity contribution in [2.24, 2.45) is 5.10 Å². The standard InChI is InChI=1S/C30H17BrClN5O8S/c31-19-5-12-24(45-30(40)17-3-8-21(9-4-17)36(41)42)18(13-19)15-33-35-28(38)16-1-6-20(7-2-16)34-29(39)27-26(32)23-11-10-22(37(43)44)14-25(23)46-27/h1-15H,(H,34,39)(H,35,38)/b33-15-. The highest BCUT2D eigenvalue weighted by Gasteiger charge is 2.20. The number of anilines is 1. The first-order chi connectivity index (χ1) is 22.0. The SMILES string of the molecule is O=C(N/N=C\c1cc(Br)ccc1OC(=O)c1ccc([N+](=O)[O-])cc1)c1ccc(NC(=O)c2sc3cc([N+](=O)[O-])ccc3c2Cl)cc1. The van der Waals surface area contributed by atoms with Gasteiger partial charge in [-0.3, -0.25) is 29.8 Å². The lowest BCUT2D eigenvalue weighted by Gasteiger charge is -2.08. The van der Waals surface area contributed by atoms with Gasteiger partial charge in [0.2, 0.25) is 0 Å². The molecule has 1 aromatic heterocycles. The van der Waals surface area contributed by atoms with E-state index in [-0.39, 0.29) is 38.2 Å². The molecule has 1 heterocycles. The summed E-state index contributed by atoms with van der Waals surface area (Å²) in [5.41, 5.74) is 3.13. The minimum absolute atomic E-state index is 0.0996. The molecule has 0 atom stereocenters. The fraction of sp³-hybridized carbons (Fsp3) is 0. The van der Waals surface area contributed by atoms with Gasteiger partial charge >= 0.3 is 5.97 Å². The zero-order valence-corrected chi connectivity index (χ0v) is 26.1. The Bertz CT molecular complexity index is 2070. The van der Waals surface area contributed by atoms with Crippen molar-refractivity contribution in [2.75, 3.05) is 5.32 Å². The number of thiophene rings is 1. The number of hydrazone groups is 1. The van der Waals surface area contributed by atoms with Gasteiger partial charge in [0.15, 0.2) is 0 Å². The highest BCUT2D eigenvalue weighted by molar-refractivity contribution is 9.10. The summed E-state index contributed by atoms with van der Waals surface area (Å²) in [6, 6.07) is 19.8. The number of carbonyl (C=O) groups excluding carboxylic acids is 3. The van der Waals surface area contributed by atoms with Crippen LogP contribution in [0.4, 0.5) is 17.1 Å². The van der Waals surface area contributed by atoms with Gasteiger partial charge in [-0.1, -0.05) is 27.5 Å². The average molecular weight is 723 g/mol. The Morgan fingerprint density at radius 1 is 0.848 bits per heavy atom. The molecule has 230 valence electrons. The number of nitrogens with zero attached hydrogens (tertiary/aromatic N) is 3. The number of nitro groups is 2. The van der Waals surface area contributed by atoms with Crippen molar-refractivity contribution >= 4 is 90.0 Å². The number of nitrogens with one attached hydrogen (secondary N) is 2. The molecule has 0 aliphatic heterocycles. The minimum Gasteiger partial charge on any atom is -0.422 e. The second-order valence-electron chi connectivity index (χ2n) is 9.29. The van der Waals surface area contributed by atoms with E-state index in [1.165, 1.54) is 79.0 Å². The Labute approximate surface area is 275 Å². The van der Waals surface area contributed by atoms with Crippen LogP contribution in [0.2, 0.25) is 5.02 Å². The van der Waals surface area contributed by atoms with E-state index in [2.05, 4.69) is 31.8 Å². The van der Waals surface area contributed by atoms with E-state index in [1.807, 2.05) is 0 Å². The fourth-order valence-electron chi connectivity index (χ4n) is 4.02. The van der Waals surface area contributed by atoms with Gasteiger partial charge in [-0.25, -0.2) is 10.2 Å². The maximum atomic E-state index is 12.9. The number of esters is 1. The van der Waals surface area contributed by atoms with E-state index in [4.69, 9.17) is 16.3 Å². The zero-order chi connectivity index (χ0) is 33.0. The summed E-state index contributed by atoms with van der Waals surface area (Å²) in [5.74, 6) is -1.71. The smallest absolute Gasteiger partial charge is 0.343 e. The van der Waals surface area contributed by atoms with Gasteiger partial charge in [0.25, 0.3) is 23.2 Å². The lowest BCUT2D eigenvalue weighted by Crippen LogP contribution is -2.18. The number of non-ortho nitro benzene ring substituents is 2. The second kappa shape index (κ2) is 13.6. The van der Waals surface area contributed by atoms with E-state index < -0.39 is 27.6 Å². The summed E-state index contributed by atoms with van der Waals surface area (Å²) in [6.07, 6.45) is 1.28. The van der Waals surface area contributed by atoms with Crippen LogP contribution in [0.1, 0.15) is 36.0 Å². The Hall–Kier alpha value is -5.51. The van der Waals surface area contributed by atoms with Crippen molar-refractivity contribution < 1.29 is 29.0 Å². The predicted molar refractivity (Wildman–Crippen MR) is 175 cm³/mol. The maximum Gasteiger partial charge on any atom is 0.343 e. The van der Waals surface area contributed by atoms with Gasteiger partial charge < -0.3 is 10.1 Å². The number of rotatable bonds is 9. The Kier molecular flexibility index (Phi) is 9.46. The number of hydrogen-bond acceptors (Lipinski definition) is 10. The number of nitro benzene ring substituents is 2. The van der Waals surface area contributed by atoms with E-state index in [0.29, 0.717) is 25.8 Å². The molecule has 4 aromatic carbocycles. The number of benzene rings is 4. The summed E-state index contributed by atoms with van der Waals surface area (Å²) in [7, 11) is 0. The normalized spacial score (nSPS) is 10.9. The highest BCUT2D eigenvalue weighted by atomic mass is 79.9. The van der Waals surface area contributed by atoms with Crippen LogP contribution in [-0.2, 0) is 0 Å². The molecule has 0 unspecified atom stereocenters. The van der Waals surface area contributed by atoms with E-state index >= 15 is 0 Å². The first kappa shape index (κ1) is 31.9. The van der Waals surface area contributed by atoms with E-state index in [9.17, 15) is 34.6 Å². The molecule has 0 bridgehead atoms. The monoisotopic (exact) mass is 721 g/mol. The first-order valence-corrected chi connectivity index (χ1v) is 14.9. The van der Waals surface area contributed by atoms with Gasteiger partial charge in [0, 0.05) is 55.6 Å². The number of amides is 2. The molecule has 0 saturated carbocycles.